The zero-order chi connectivity index (χ0) is 19.6. The van der Waals surface area contributed by atoms with Crippen molar-refractivity contribution in [2.75, 3.05) is 13.8 Å². The molecular formula is C19H19NO6S. The number of aliphatic carboxylic acids is 1. The zero-order valence-electron chi connectivity index (χ0n) is 14.8. The summed E-state index contributed by atoms with van der Waals surface area (Å²) in [7, 11) is -2.73. The number of rotatable bonds is 7. The van der Waals surface area contributed by atoms with Gasteiger partial charge in [0.25, 0.3) is 0 Å². The highest BCUT2D eigenvalue weighted by atomic mass is 32.2. The molecule has 0 spiro atoms. The van der Waals surface area contributed by atoms with Crippen LogP contribution in [0.25, 0.3) is 22.3 Å². The fourth-order valence-corrected chi connectivity index (χ4v) is 4.19. The van der Waals surface area contributed by atoms with Crippen LogP contribution in [0.2, 0.25) is 0 Å². The average Bonchev–Trinajstić information content (AvgIpc) is 3.09. The number of nitrogens with zero attached hydrogens (tertiary/aromatic N) is 1. The molecule has 1 N–H and O–H groups in total. The lowest BCUT2D eigenvalue weighted by molar-refractivity contribution is -0.142. The van der Waals surface area contributed by atoms with Crippen molar-refractivity contribution >= 4 is 27.0 Å². The number of furan rings is 1. The normalized spacial score (nSPS) is 13.1. The Morgan fingerprint density at radius 3 is 2.44 bits per heavy atom. The molecule has 3 aromatic rings. The van der Waals surface area contributed by atoms with E-state index in [-0.39, 0.29) is 11.6 Å². The average molecular weight is 389 g/mol. The van der Waals surface area contributed by atoms with Crippen molar-refractivity contribution in [2.45, 2.75) is 17.9 Å². The summed E-state index contributed by atoms with van der Waals surface area (Å²) in [4.78, 5) is 11.2. The summed E-state index contributed by atoms with van der Waals surface area (Å²) in [5.41, 5.74) is 1.46. The van der Waals surface area contributed by atoms with Crippen molar-refractivity contribution in [1.82, 2.24) is 4.31 Å². The van der Waals surface area contributed by atoms with E-state index in [0.717, 1.165) is 20.8 Å². The molecule has 2 aromatic carbocycles. The molecular weight excluding hydrogens is 370 g/mol. The molecule has 0 fully saturated rings. The standard InChI is InChI=1S/C19H19NO6S/c1-13(19(21)22)20(12-25-2)27(23,24)16-9-7-14(8-10-16)18-11-15-5-3-4-6-17(15)26-18/h3-11,13H,12H2,1-2H3,(H,21,22)/t13-/m1/s1. The molecule has 1 aromatic heterocycles. The number of carboxylic acids is 1. The number of ether oxygens (including phenoxy) is 1. The van der Waals surface area contributed by atoms with E-state index in [4.69, 9.17) is 9.15 Å². The Kier molecular flexibility index (Phi) is 5.31. The van der Waals surface area contributed by atoms with E-state index in [1.165, 1.54) is 26.2 Å². The summed E-state index contributed by atoms with van der Waals surface area (Å²) in [5, 5.41) is 10.1. The fraction of sp³-hybridized carbons (Fsp3) is 0.211. The number of benzene rings is 2. The molecule has 0 bridgehead atoms. The van der Waals surface area contributed by atoms with Crippen molar-refractivity contribution in [2.24, 2.45) is 0 Å². The highest BCUT2D eigenvalue weighted by Gasteiger charge is 2.33. The second kappa shape index (κ2) is 7.51. The van der Waals surface area contributed by atoms with Gasteiger partial charge in [-0.15, -0.1) is 0 Å². The molecule has 0 amide bonds. The summed E-state index contributed by atoms with van der Waals surface area (Å²) in [6, 6.07) is 14.3. The number of sulfonamides is 1. The molecule has 0 saturated carbocycles. The Bertz CT molecular complexity index is 1020. The topological polar surface area (TPSA) is 97.0 Å². The summed E-state index contributed by atoms with van der Waals surface area (Å²) < 4.78 is 37.1. The molecule has 0 saturated heterocycles. The van der Waals surface area contributed by atoms with Gasteiger partial charge in [-0.2, -0.15) is 4.31 Å². The lowest BCUT2D eigenvalue weighted by Gasteiger charge is -2.24. The van der Waals surface area contributed by atoms with E-state index in [9.17, 15) is 18.3 Å². The van der Waals surface area contributed by atoms with Crippen LogP contribution in [0.15, 0.2) is 63.9 Å². The minimum absolute atomic E-state index is 0.0208. The monoisotopic (exact) mass is 389 g/mol. The van der Waals surface area contributed by atoms with Crippen LogP contribution < -0.4 is 0 Å². The van der Waals surface area contributed by atoms with E-state index < -0.39 is 22.0 Å². The highest BCUT2D eigenvalue weighted by Crippen LogP contribution is 2.29. The summed E-state index contributed by atoms with van der Waals surface area (Å²) >= 11 is 0. The van der Waals surface area contributed by atoms with E-state index in [1.807, 2.05) is 30.3 Å². The fourth-order valence-electron chi connectivity index (χ4n) is 2.69. The van der Waals surface area contributed by atoms with Crippen LogP contribution in [0, 0.1) is 0 Å². The van der Waals surface area contributed by atoms with Gasteiger partial charge < -0.3 is 14.3 Å². The molecule has 0 unspecified atom stereocenters. The van der Waals surface area contributed by atoms with Crippen LogP contribution >= 0.6 is 0 Å². The van der Waals surface area contributed by atoms with Crippen molar-refractivity contribution in [1.29, 1.82) is 0 Å². The number of carboxylic acid groups (broad SMARTS) is 1. The number of hydrogen-bond donors (Lipinski definition) is 1. The van der Waals surface area contributed by atoms with Crippen molar-refractivity contribution in [3.8, 4) is 11.3 Å². The zero-order valence-corrected chi connectivity index (χ0v) is 15.6. The maximum absolute atomic E-state index is 12.8. The molecule has 3 rings (SSSR count). The maximum Gasteiger partial charge on any atom is 0.321 e. The molecule has 7 nitrogen and oxygen atoms in total. The number of methoxy groups -OCH3 is 1. The first kappa shape index (κ1) is 19.1. The third-order valence-corrected chi connectivity index (χ3v) is 6.12. The largest absolute Gasteiger partial charge is 0.480 e. The van der Waals surface area contributed by atoms with Gasteiger partial charge in [-0.25, -0.2) is 8.42 Å². The van der Waals surface area contributed by atoms with Crippen LogP contribution in [-0.2, 0) is 19.6 Å². The summed E-state index contributed by atoms with van der Waals surface area (Å²) in [6.45, 7) is 0.933. The Labute approximate surface area is 156 Å². The Morgan fingerprint density at radius 2 is 1.85 bits per heavy atom. The highest BCUT2D eigenvalue weighted by molar-refractivity contribution is 7.89. The Morgan fingerprint density at radius 1 is 1.19 bits per heavy atom. The van der Waals surface area contributed by atoms with Gasteiger partial charge in [0, 0.05) is 18.1 Å². The van der Waals surface area contributed by atoms with E-state index >= 15 is 0 Å². The first-order valence-corrected chi connectivity index (χ1v) is 9.61. The minimum atomic E-state index is -4.03. The summed E-state index contributed by atoms with van der Waals surface area (Å²) in [6.07, 6.45) is 0. The Balaban J connectivity index is 1.94. The van der Waals surface area contributed by atoms with Crippen LogP contribution in [-0.4, -0.2) is 43.7 Å². The lowest BCUT2D eigenvalue weighted by Crippen LogP contribution is -2.44. The first-order valence-electron chi connectivity index (χ1n) is 8.17. The van der Waals surface area contributed by atoms with Gasteiger partial charge in [-0.3, -0.25) is 4.79 Å². The molecule has 0 aliphatic heterocycles. The van der Waals surface area contributed by atoms with Crippen molar-refractivity contribution in [3.63, 3.8) is 0 Å². The van der Waals surface area contributed by atoms with Gasteiger partial charge in [0.05, 0.1) is 4.90 Å². The second-order valence-corrected chi connectivity index (χ2v) is 7.89. The van der Waals surface area contributed by atoms with Crippen molar-refractivity contribution in [3.05, 3.63) is 54.6 Å². The van der Waals surface area contributed by atoms with Crippen LogP contribution in [0.1, 0.15) is 6.92 Å². The molecule has 0 aliphatic rings. The quantitative estimate of drug-likeness (QED) is 0.624. The predicted octanol–water partition coefficient (Wildman–Crippen LogP) is 3.17. The molecule has 1 atom stereocenters. The second-order valence-electron chi connectivity index (χ2n) is 6.00. The summed E-state index contributed by atoms with van der Waals surface area (Å²) in [5.74, 6) is -0.637. The van der Waals surface area contributed by atoms with Crippen LogP contribution in [0.4, 0.5) is 0 Å². The maximum atomic E-state index is 12.8. The minimum Gasteiger partial charge on any atom is -0.480 e. The Hall–Kier alpha value is -2.68. The third-order valence-electron chi connectivity index (χ3n) is 4.22. The first-order chi connectivity index (χ1) is 12.8. The van der Waals surface area contributed by atoms with Gasteiger partial charge in [-0.05, 0) is 43.3 Å². The lowest BCUT2D eigenvalue weighted by atomic mass is 10.1. The number of para-hydroxylation sites is 1. The van der Waals surface area contributed by atoms with Crippen LogP contribution in [0.5, 0.6) is 0 Å². The number of hydrogen-bond acceptors (Lipinski definition) is 5. The third kappa shape index (κ3) is 3.73. The van der Waals surface area contributed by atoms with E-state index in [1.54, 1.807) is 12.1 Å². The molecule has 27 heavy (non-hydrogen) atoms. The van der Waals surface area contributed by atoms with Gasteiger partial charge in [0.15, 0.2) is 0 Å². The van der Waals surface area contributed by atoms with Gasteiger partial charge >= 0.3 is 5.97 Å². The molecule has 8 heteroatoms. The molecule has 142 valence electrons. The van der Waals surface area contributed by atoms with E-state index in [0.29, 0.717) is 5.76 Å². The van der Waals surface area contributed by atoms with Gasteiger partial charge in [0.1, 0.15) is 24.1 Å². The smallest absolute Gasteiger partial charge is 0.321 e. The van der Waals surface area contributed by atoms with Crippen molar-refractivity contribution < 1.29 is 27.5 Å². The van der Waals surface area contributed by atoms with Gasteiger partial charge in [-0.1, -0.05) is 18.2 Å². The van der Waals surface area contributed by atoms with E-state index in [2.05, 4.69) is 0 Å². The van der Waals surface area contributed by atoms with Crippen LogP contribution in [0.3, 0.4) is 0 Å². The number of carbonyl (C=O) groups is 1. The SMILES string of the molecule is COCN([C@H](C)C(=O)O)S(=O)(=O)c1ccc(-c2cc3ccccc3o2)cc1. The molecule has 0 aliphatic carbocycles. The molecule has 0 radical (unpaired) electrons. The van der Waals surface area contributed by atoms with Gasteiger partial charge in [0.2, 0.25) is 10.0 Å². The number of fused-ring (bicyclic) bond motifs is 1. The molecule has 1 heterocycles. The predicted molar refractivity (Wildman–Crippen MR) is 99.6 cm³/mol.